The van der Waals surface area contributed by atoms with E-state index in [2.05, 4.69) is 27.7 Å². The molecule has 152 valence electrons. The van der Waals surface area contributed by atoms with Crippen molar-refractivity contribution in [3.8, 4) is 0 Å². The zero-order valence-electron chi connectivity index (χ0n) is 17.5. The number of hydrogen-bond acceptors (Lipinski definition) is 2. The van der Waals surface area contributed by atoms with E-state index in [1.165, 1.54) is 64.2 Å². The number of hydrogen-bond donors (Lipinski definition) is 0. The first kappa shape index (κ1) is 25.2. The van der Waals surface area contributed by atoms with E-state index in [4.69, 9.17) is 21.1 Å². The third kappa shape index (κ3) is 20.4. The van der Waals surface area contributed by atoms with E-state index in [1.54, 1.807) is 0 Å². The highest BCUT2D eigenvalue weighted by Crippen LogP contribution is 2.22. The van der Waals surface area contributed by atoms with Gasteiger partial charge in [-0.25, -0.2) is 0 Å². The van der Waals surface area contributed by atoms with Gasteiger partial charge in [0, 0.05) is 18.6 Å². The van der Waals surface area contributed by atoms with Crippen molar-refractivity contribution in [2.24, 2.45) is 11.8 Å². The molecule has 3 unspecified atom stereocenters. The van der Waals surface area contributed by atoms with Crippen molar-refractivity contribution < 1.29 is 9.47 Å². The molecule has 0 fully saturated rings. The number of alkyl halides is 1. The van der Waals surface area contributed by atoms with Gasteiger partial charge >= 0.3 is 0 Å². The lowest BCUT2D eigenvalue weighted by Crippen LogP contribution is -2.09. The monoisotopic (exact) mass is 376 g/mol. The fourth-order valence-corrected chi connectivity index (χ4v) is 3.81. The molecular formula is C22H45ClO2. The molecule has 3 heteroatoms. The highest BCUT2D eigenvalue weighted by atomic mass is 35.5. The second-order valence-electron chi connectivity index (χ2n) is 8.01. The van der Waals surface area contributed by atoms with Gasteiger partial charge in [-0.15, -0.1) is 11.6 Å². The number of unbranched alkanes of at least 4 members (excludes halogenated alkanes) is 7. The van der Waals surface area contributed by atoms with Crippen molar-refractivity contribution in [2.45, 2.75) is 110 Å². The lowest BCUT2D eigenvalue weighted by Gasteiger charge is -2.18. The van der Waals surface area contributed by atoms with Crippen LogP contribution in [0.2, 0.25) is 0 Å². The maximum Gasteiger partial charge on any atom is 0.146 e. The van der Waals surface area contributed by atoms with Crippen molar-refractivity contribution in [3.63, 3.8) is 0 Å². The Bertz CT molecular complexity index is 258. The maximum absolute atomic E-state index is 6.06. The summed E-state index contributed by atoms with van der Waals surface area (Å²) in [7, 11) is 0. The van der Waals surface area contributed by atoms with E-state index >= 15 is 0 Å². The molecule has 0 heterocycles. The lowest BCUT2D eigenvalue weighted by atomic mass is 9.91. The first-order valence-electron chi connectivity index (χ1n) is 10.9. The molecule has 0 aromatic rings. The van der Waals surface area contributed by atoms with Crippen LogP contribution in [0, 0.1) is 11.8 Å². The van der Waals surface area contributed by atoms with E-state index in [0.717, 1.165) is 37.9 Å². The van der Waals surface area contributed by atoms with Crippen LogP contribution in [0.3, 0.4) is 0 Å². The predicted molar refractivity (Wildman–Crippen MR) is 111 cm³/mol. The molecular weight excluding hydrogens is 332 g/mol. The highest BCUT2D eigenvalue weighted by Gasteiger charge is 2.11. The molecule has 0 rings (SSSR count). The van der Waals surface area contributed by atoms with Crippen LogP contribution in [0.1, 0.15) is 105 Å². The summed E-state index contributed by atoms with van der Waals surface area (Å²) in [6.45, 7) is 11.1. The van der Waals surface area contributed by atoms with Crippen molar-refractivity contribution in [1.29, 1.82) is 0 Å². The summed E-state index contributed by atoms with van der Waals surface area (Å²) in [6, 6.07) is 0. The first-order valence-corrected chi connectivity index (χ1v) is 11.3. The van der Waals surface area contributed by atoms with Crippen molar-refractivity contribution in [3.05, 3.63) is 0 Å². The predicted octanol–water partition coefficient (Wildman–Crippen LogP) is 7.58. The van der Waals surface area contributed by atoms with Crippen LogP contribution < -0.4 is 0 Å². The highest BCUT2D eigenvalue weighted by molar-refractivity contribution is 6.20. The molecule has 0 bridgehead atoms. The van der Waals surface area contributed by atoms with Crippen molar-refractivity contribution in [2.75, 3.05) is 20.0 Å². The molecule has 0 aliphatic heterocycles. The smallest absolute Gasteiger partial charge is 0.146 e. The van der Waals surface area contributed by atoms with Gasteiger partial charge in [-0.05, 0) is 50.9 Å². The Kier molecular flexibility index (Phi) is 19.1. The molecule has 3 atom stereocenters. The summed E-state index contributed by atoms with van der Waals surface area (Å²) in [4.78, 5) is 0. The molecule has 0 saturated heterocycles. The van der Waals surface area contributed by atoms with E-state index < -0.39 is 0 Å². The Morgan fingerprint density at radius 3 is 1.84 bits per heavy atom. The summed E-state index contributed by atoms with van der Waals surface area (Å²) in [5, 5.41) is 0.295. The van der Waals surface area contributed by atoms with Gasteiger partial charge in [0.2, 0.25) is 0 Å². The summed E-state index contributed by atoms with van der Waals surface area (Å²) < 4.78 is 11.1. The second-order valence-corrected chi connectivity index (χ2v) is 8.76. The van der Waals surface area contributed by atoms with Crippen molar-refractivity contribution >= 4 is 11.6 Å². The Balaban J connectivity index is 3.20. The minimum atomic E-state index is 0.295. The van der Waals surface area contributed by atoms with Crippen LogP contribution >= 0.6 is 11.6 Å². The molecule has 0 amide bonds. The van der Waals surface area contributed by atoms with Crippen LogP contribution in [0.15, 0.2) is 0 Å². The fraction of sp³-hybridized carbons (Fsp3) is 1.00. The lowest BCUT2D eigenvalue weighted by molar-refractivity contribution is -0.0561. The van der Waals surface area contributed by atoms with Gasteiger partial charge in [0.1, 0.15) is 6.79 Å². The Morgan fingerprint density at radius 2 is 1.24 bits per heavy atom. The topological polar surface area (TPSA) is 18.5 Å². The molecule has 0 aliphatic rings. The maximum atomic E-state index is 6.06. The van der Waals surface area contributed by atoms with Gasteiger partial charge < -0.3 is 9.47 Å². The van der Waals surface area contributed by atoms with Gasteiger partial charge in [-0.1, -0.05) is 65.7 Å². The summed E-state index contributed by atoms with van der Waals surface area (Å²) >= 11 is 6.06. The molecule has 0 N–H and O–H groups in total. The average Bonchev–Trinajstić information content (AvgIpc) is 2.54. The minimum absolute atomic E-state index is 0.295. The molecule has 0 aromatic carbocycles. The van der Waals surface area contributed by atoms with Gasteiger partial charge in [0.05, 0.1) is 0 Å². The second kappa shape index (κ2) is 19.0. The molecule has 2 nitrogen and oxygen atoms in total. The van der Waals surface area contributed by atoms with E-state index in [0.29, 0.717) is 12.2 Å². The van der Waals surface area contributed by atoms with Crippen LogP contribution in [-0.4, -0.2) is 25.4 Å². The van der Waals surface area contributed by atoms with Gasteiger partial charge in [0.15, 0.2) is 0 Å². The van der Waals surface area contributed by atoms with Gasteiger partial charge in [-0.2, -0.15) is 0 Å². The van der Waals surface area contributed by atoms with E-state index in [9.17, 15) is 0 Å². The molecule has 0 aromatic heterocycles. The quantitative estimate of drug-likeness (QED) is 0.131. The van der Waals surface area contributed by atoms with Crippen LogP contribution in [0.5, 0.6) is 0 Å². The molecule has 0 aliphatic carbocycles. The van der Waals surface area contributed by atoms with Crippen LogP contribution in [-0.2, 0) is 9.47 Å². The fourth-order valence-electron chi connectivity index (χ4n) is 3.50. The SMILES string of the molecule is CCCCCCCCCCOCOCCCC(C)CC(C)CC(C)Cl. The molecule has 25 heavy (non-hydrogen) atoms. The Labute approximate surface area is 163 Å². The largest absolute Gasteiger partial charge is 0.355 e. The summed E-state index contributed by atoms with van der Waals surface area (Å²) in [6.07, 6.45) is 15.5. The average molecular weight is 377 g/mol. The van der Waals surface area contributed by atoms with Gasteiger partial charge in [0.25, 0.3) is 0 Å². The minimum Gasteiger partial charge on any atom is -0.355 e. The van der Waals surface area contributed by atoms with Crippen LogP contribution in [0.4, 0.5) is 0 Å². The Hall–Kier alpha value is 0.210. The van der Waals surface area contributed by atoms with Crippen LogP contribution in [0.25, 0.3) is 0 Å². The number of ether oxygens (including phenoxy) is 2. The van der Waals surface area contributed by atoms with E-state index in [-0.39, 0.29) is 0 Å². The summed E-state index contributed by atoms with van der Waals surface area (Å²) in [5.74, 6) is 1.48. The standard InChI is InChI=1S/C22H45ClO2/c1-5-6-7-8-9-10-11-12-15-24-19-25-16-13-14-20(2)17-21(3)18-22(4)23/h20-22H,5-19H2,1-4H3. The Morgan fingerprint density at radius 1 is 0.680 bits per heavy atom. The third-order valence-electron chi connectivity index (χ3n) is 4.83. The van der Waals surface area contributed by atoms with E-state index in [1.807, 2.05) is 0 Å². The molecule has 0 spiro atoms. The molecule has 0 saturated carbocycles. The number of rotatable bonds is 19. The zero-order valence-corrected chi connectivity index (χ0v) is 18.3. The normalized spacial score (nSPS) is 15.2. The summed E-state index contributed by atoms with van der Waals surface area (Å²) in [5.41, 5.74) is 0. The first-order chi connectivity index (χ1) is 12.1. The zero-order chi connectivity index (χ0) is 18.8. The van der Waals surface area contributed by atoms with Gasteiger partial charge in [-0.3, -0.25) is 0 Å². The third-order valence-corrected chi connectivity index (χ3v) is 5.00. The molecule has 0 radical (unpaired) electrons. The van der Waals surface area contributed by atoms with Crippen molar-refractivity contribution in [1.82, 2.24) is 0 Å². The number of halogens is 1.